The van der Waals surface area contributed by atoms with E-state index in [-0.39, 0.29) is 0 Å². The molecule has 0 radical (unpaired) electrons. The molecule has 2 N–H and O–H groups in total. The Morgan fingerprint density at radius 3 is 2.56 bits per heavy atom. The number of nitrogen functional groups attached to an aromatic ring is 1. The van der Waals surface area contributed by atoms with Gasteiger partial charge < -0.3 is 10.6 Å². The van der Waals surface area contributed by atoms with Crippen molar-refractivity contribution in [2.24, 2.45) is 0 Å². The van der Waals surface area contributed by atoms with Crippen molar-refractivity contribution in [2.75, 3.05) is 23.7 Å². The molecule has 1 aromatic carbocycles. The van der Waals surface area contributed by atoms with E-state index in [2.05, 4.69) is 44.8 Å². The van der Waals surface area contributed by atoms with Gasteiger partial charge >= 0.3 is 0 Å². The van der Waals surface area contributed by atoms with Crippen molar-refractivity contribution in [3.8, 4) is 5.69 Å². The van der Waals surface area contributed by atoms with E-state index in [4.69, 9.17) is 5.73 Å². The number of nitrogens with zero attached hydrogens (tertiary/aromatic N) is 4. The highest BCUT2D eigenvalue weighted by molar-refractivity contribution is 9.10. The van der Waals surface area contributed by atoms with Gasteiger partial charge in [0.2, 0.25) is 11.9 Å². The van der Waals surface area contributed by atoms with Crippen LogP contribution in [0.5, 0.6) is 0 Å². The maximum absolute atomic E-state index is 5.93. The number of benzene rings is 1. The molecule has 0 atom stereocenters. The van der Waals surface area contributed by atoms with Crippen LogP contribution in [0.1, 0.15) is 13.8 Å². The molecule has 5 nitrogen and oxygen atoms in total. The molecule has 0 aliphatic rings. The molecular formula is C12H16BrN5. The lowest BCUT2D eigenvalue weighted by Gasteiger charge is -2.15. The van der Waals surface area contributed by atoms with Crippen LogP contribution in [0, 0.1) is 0 Å². The van der Waals surface area contributed by atoms with Gasteiger partial charge in [-0.1, -0.05) is 12.1 Å². The molecule has 0 bridgehead atoms. The molecule has 0 fully saturated rings. The van der Waals surface area contributed by atoms with E-state index >= 15 is 0 Å². The normalized spacial score (nSPS) is 10.6. The van der Waals surface area contributed by atoms with Crippen molar-refractivity contribution in [2.45, 2.75) is 13.8 Å². The fraction of sp³-hybridized carbons (Fsp3) is 0.333. The molecule has 6 heteroatoms. The summed E-state index contributed by atoms with van der Waals surface area (Å²) in [5.74, 6) is 1.05. The van der Waals surface area contributed by atoms with Crippen molar-refractivity contribution in [3.05, 3.63) is 28.7 Å². The second-order valence-electron chi connectivity index (χ2n) is 3.81. The minimum absolute atomic E-state index is 0.392. The molecule has 96 valence electrons. The first-order valence-electron chi connectivity index (χ1n) is 5.89. The van der Waals surface area contributed by atoms with Gasteiger partial charge in [0.1, 0.15) is 0 Å². The van der Waals surface area contributed by atoms with Crippen LogP contribution in [0.3, 0.4) is 0 Å². The van der Waals surface area contributed by atoms with E-state index in [9.17, 15) is 0 Å². The predicted octanol–water partition coefficient (Wildman–Crippen LogP) is 2.46. The Bertz CT molecular complexity index is 533. The smallest absolute Gasteiger partial charge is 0.246 e. The van der Waals surface area contributed by atoms with Gasteiger partial charge in [-0.2, -0.15) is 9.67 Å². The van der Waals surface area contributed by atoms with Gasteiger partial charge in [0.05, 0.1) is 5.69 Å². The first-order valence-corrected chi connectivity index (χ1v) is 6.69. The third-order valence-corrected chi connectivity index (χ3v) is 3.42. The van der Waals surface area contributed by atoms with Crippen molar-refractivity contribution in [3.63, 3.8) is 0 Å². The maximum Gasteiger partial charge on any atom is 0.246 e. The molecule has 2 rings (SSSR count). The van der Waals surface area contributed by atoms with Gasteiger partial charge in [-0.3, -0.25) is 0 Å². The van der Waals surface area contributed by atoms with Crippen LogP contribution in [-0.4, -0.2) is 27.9 Å². The van der Waals surface area contributed by atoms with Gasteiger partial charge in [0, 0.05) is 17.6 Å². The summed E-state index contributed by atoms with van der Waals surface area (Å²) in [4.78, 5) is 6.36. The lowest BCUT2D eigenvalue weighted by Crippen LogP contribution is -2.23. The molecule has 0 aliphatic heterocycles. The molecule has 0 aliphatic carbocycles. The average molecular weight is 310 g/mol. The second kappa shape index (κ2) is 5.39. The van der Waals surface area contributed by atoms with Crippen LogP contribution >= 0.6 is 15.9 Å². The average Bonchev–Trinajstić information content (AvgIpc) is 2.73. The summed E-state index contributed by atoms with van der Waals surface area (Å²) in [6.07, 6.45) is 0. The Morgan fingerprint density at radius 2 is 1.94 bits per heavy atom. The van der Waals surface area contributed by atoms with Gasteiger partial charge in [0.25, 0.3) is 0 Å². The fourth-order valence-electron chi connectivity index (χ4n) is 1.75. The lowest BCUT2D eigenvalue weighted by atomic mass is 10.3. The summed E-state index contributed by atoms with van der Waals surface area (Å²) in [6.45, 7) is 5.85. The van der Waals surface area contributed by atoms with E-state index in [0.29, 0.717) is 11.9 Å². The van der Waals surface area contributed by atoms with Gasteiger partial charge in [0.15, 0.2) is 0 Å². The van der Waals surface area contributed by atoms with E-state index < -0.39 is 0 Å². The summed E-state index contributed by atoms with van der Waals surface area (Å²) in [5, 5.41) is 4.46. The summed E-state index contributed by atoms with van der Waals surface area (Å²) in [5.41, 5.74) is 6.82. The first-order chi connectivity index (χ1) is 8.67. The monoisotopic (exact) mass is 309 g/mol. The highest BCUT2D eigenvalue weighted by atomic mass is 79.9. The van der Waals surface area contributed by atoms with Crippen molar-refractivity contribution >= 4 is 27.8 Å². The quantitative estimate of drug-likeness (QED) is 0.942. The maximum atomic E-state index is 5.93. The number of hydrogen-bond donors (Lipinski definition) is 1. The Kier molecular flexibility index (Phi) is 3.86. The highest BCUT2D eigenvalue weighted by Gasteiger charge is 2.14. The number of para-hydroxylation sites is 1. The SMILES string of the molecule is CCN(CC)c1nc(N)n(-c2ccccc2Br)n1. The zero-order valence-corrected chi connectivity index (χ0v) is 12.1. The zero-order chi connectivity index (χ0) is 13.1. The molecule has 2 aromatic rings. The fourth-order valence-corrected chi connectivity index (χ4v) is 2.21. The summed E-state index contributed by atoms with van der Waals surface area (Å²) in [6, 6.07) is 7.79. The number of nitrogens with two attached hydrogens (primary N) is 1. The first kappa shape index (κ1) is 12.9. The molecule has 1 aromatic heterocycles. The molecule has 18 heavy (non-hydrogen) atoms. The van der Waals surface area contributed by atoms with Gasteiger partial charge in [-0.25, -0.2) is 0 Å². The molecule has 0 spiro atoms. The van der Waals surface area contributed by atoms with E-state index in [1.807, 2.05) is 24.3 Å². The largest absolute Gasteiger partial charge is 0.368 e. The number of aromatic nitrogens is 3. The number of anilines is 2. The minimum Gasteiger partial charge on any atom is -0.368 e. The van der Waals surface area contributed by atoms with Crippen LogP contribution in [0.2, 0.25) is 0 Å². The van der Waals surface area contributed by atoms with Crippen LogP contribution < -0.4 is 10.6 Å². The van der Waals surface area contributed by atoms with Crippen molar-refractivity contribution in [1.29, 1.82) is 0 Å². The molecule has 0 amide bonds. The third kappa shape index (κ3) is 2.33. The van der Waals surface area contributed by atoms with Crippen molar-refractivity contribution in [1.82, 2.24) is 14.8 Å². The van der Waals surface area contributed by atoms with Gasteiger partial charge in [-0.15, -0.1) is 5.10 Å². The molecule has 0 saturated carbocycles. The molecule has 0 unspecified atom stereocenters. The lowest BCUT2D eigenvalue weighted by molar-refractivity contribution is 0.801. The molecule has 1 heterocycles. The van der Waals surface area contributed by atoms with Crippen molar-refractivity contribution < 1.29 is 0 Å². The van der Waals surface area contributed by atoms with Crippen LogP contribution in [0.4, 0.5) is 11.9 Å². The van der Waals surface area contributed by atoms with E-state index in [0.717, 1.165) is 23.2 Å². The summed E-state index contributed by atoms with van der Waals surface area (Å²) < 4.78 is 2.59. The Balaban J connectivity index is 2.44. The Morgan fingerprint density at radius 1 is 1.28 bits per heavy atom. The topological polar surface area (TPSA) is 60.0 Å². The second-order valence-corrected chi connectivity index (χ2v) is 4.66. The van der Waals surface area contributed by atoms with Crippen LogP contribution in [0.15, 0.2) is 28.7 Å². The minimum atomic E-state index is 0.392. The third-order valence-electron chi connectivity index (χ3n) is 2.75. The number of halogens is 1. The Labute approximate surface area is 115 Å². The summed E-state index contributed by atoms with van der Waals surface area (Å²) in [7, 11) is 0. The predicted molar refractivity (Wildman–Crippen MR) is 77.0 cm³/mol. The zero-order valence-electron chi connectivity index (χ0n) is 10.5. The van der Waals surface area contributed by atoms with E-state index in [1.54, 1.807) is 4.68 Å². The van der Waals surface area contributed by atoms with Crippen LogP contribution in [-0.2, 0) is 0 Å². The summed E-state index contributed by atoms with van der Waals surface area (Å²) >= 11 is 3.49. The van der Waals surface area contributed by atoms with E-state index in [1.165, 1.54) is 0 Å². The standard InChI is InChI=1S/C12H16BrN5/c1-3-17(4-2)12-15-11(14)18(16-12)10-8-6-5-7-9(10)13/h5-8H,3-4H2,1-2H3,(H2,14,15,16). The number of rotatable bonds is 4. The van der Waals surface area contributed by atoms with Gasteiger partial charge in [-0.05, 0) is 41.9 Å². The number of hydrogen-bond acceptors (Lipinski definition) is 4. The van der Waals surface area contributed by atoms with Crippen LogP contribution in [0.25, 0.3) is 5.69 Å². The molecular weight excluding hydrogens is 294 g/mol. The highest BCUT2D eigenvalue weighted by Crippen LogP contribution is 2.23. The molecule has 0 saturated heterocycles. The Hall–Kier alpha value is -1.56.